The maximum absolute atomic E-state index is 12.5. The second-order valence-electron chi connectivity index (χ2n) is 6.53. The Labute approximate surface area is 147 Å². The first-order valence-corrected chi connectivity index (χ1v) is 10.0. The van der Waals surface area contributed by atoms with Crippen LogP contribution in [0.15, 0.2) is 35.5 Å². The Balaban J connectivity index is 1.44. The van der Waals surface area contributed by atoms with Gasteiger partial charge in [0.1, 0.15) is 4.90 Å². The van der Waals surface area contributed by atoms with E-state index in [0.717, 1.165) is 31.5 Å². The first-order chi connectivity index (χ1) is 12.1. The number of nitrogens with one attached hydrogen (secondary N) is 2. The van der Waals surface area contributed by atoms with Crippen LogP contribution in [-0.4, -0.2) is 31.4 Å². The average molecular weight is 362 g/mol. The highest BCUT2D eigenvalue weighted by Crippen LogP contribution is 2.22. The summed E-state index contributed by atoms with van der Waals surface area (Å²) in [5.41, 5.74) is 3.48. The van der Waals surface area contributed by atoms with Crippen molar-refractivity contribution in [3.05, 3.63) is 47.3 Å². The van der Waals surface area contributed by atoms with E-state index in [2.05, 4.69) is 27.3 Å². The fourth-order valence-electron chi connectivity index (χ4n) is 3.33. The predicted octanol–water partition coefficient (Wildman–Crippen LogP) is 1.32. The molecule has 1 aromatic carbocycles. The van der Waals surface area contributed by atoms with Crippen molar-refractivity contribution in [2.24, 2.45) is 0 Å². The van der Waals surface area contributed by atoms with E-state index in [0.29, 0.717) is 13.2 Å². The molecule has 3 heterocycles. The van der Waals surface area contributed by atoms with Crippen LogP contribution in [0.5, 0.6) is 0 Å². The normalized spacial score (nSPS) is 18.4. The summed E-state index contributed by atoms with van der Waals surface area (Å²) in [5, 5.41) is 7.53. The van der Waals surface area contributed by atoms with Gasteiger partial charge in [0.15, 0.2) is 0 Å². The molecule has 25 heavy (non-hydrogen) atoms. The number of ether oxygens (including phenoxy) is 1. The molecule has 2 aromatic rings. The van der Waals surface area contributed by atoms with Gasteiger partial charge in [-0.3, -0.25) is 4.68 Å². The number of hydrogen-bond donors (Lipinski definition) is 2. The molecule has 1 aromatic heterocycles. The molecule has 4 rings (SSSR count). The van der Waals surface area contributed by atoms with E-state index in [4.69, 9.17) is 4.74 Å². The monoisotopic (exact) mass is 362 g/mol. The van der Waals surface area contributed by atoms with Crippen molar-refractivity contribution in [3.8, 4) is 0 Å². The molecular weight excluding hydrogens is 340 g/mol. The number of sulfonamides is 1. The van der Waals surface area contributed by atoms with Crippen LogP contribution < -0.4 is 10.0 Å². The Morgan fingerprint density at radius 3 is 2.88 bits per heavy atom. The van der Waals surface area contributed by atoms with E-state index in [1.807, 2.05) is 6.07 Å². The Hall–Kier alpha value is -1.74. The van der Waals surface area contributed by atoms with Crippen LogP contribution in [0, 0.1) is 0 Å². The lowest BCUT2D eigenvalue weighted by molar-refractivity contribution is 0.0662. The zero-order valence-electron chi connectivity index (χ0n) is 13.9. The van der Waals surface area contributed by atoms with Crippen molar-refractivity contribution in [2.75, 3.05) is 13.2 Å². The zero-order valence-corrected chi connectivity index (χ0v) is 14.8. The van der Waals surface area contributed by atoms with Crippen LogP contribution in [0.25, 0.3) is 0 Å². The van der Waals surface area contributed by atoms with Gasteiger partial charge in [-0.2, -0.15) is 5.10 Å². The SMILES string of the molecule is O=S(=O)(NCc1ccc2c(c1)CNC2)c1cnn(C2CCOCC2)c1. The molecule has 2 N–H and O–H groups in total. The van der Waals surface area contributed by atoms with E-state index in [1.165, 1.54) is 17.3 Å². The lowest BCUT2D eigenvalue weighted by Gasteiger charge is -2.22. The zero-order chi connectivity index (χ0) is 17.3. The second kappa shape index (κ2) is 6.87. The van der Waals surface area contributed by atoms with Crippen molar-refractivity contribution in [1.29, 1.82) is 0 Å². The summed E-state index contributed by atoms with van der Waals surface area (Å²) in [4.78, 5) is 0.210. The molecule has 1 fully saturated rings. The van der Waals surface area contributed by atoms with Crippen molar-refractivity contribution in [1.82, 2.24) is 19.8 Å². The third-order valence-electron chi connectivity index (χ3n) is 4.82. The molecule has 134 valence electrons. The quantitative estimate of drug-likeness (QED) is 0.838. The van der Waals surface area contributed by atoms with E-state index < -0.39 is 10.0 Å². The van der Waals surface area contributed by atoms with Gasteiger partial charge in [0.2, 0.25) is 10.0 Å². The first kappa shape index (κ1) is 16.7. The molecule has 2 aliphatic rings. The minimum atomic E-state index is -3.57. The fourth-order valence-corrected chi connectivity index (χ4v) is 4.28. The summed E-state index contributed by atoms with van der Waals surface area (Å²) < 4.78 is 34.8. The number of fused-ring (bicyclic) bond motifs is 1. The molecule has 0 spiro atoms. The lowest BCUT2D eigenvalue weighted by Crippen LogP contribution is -2.23. The van der Waals surface area contributed by atoms with E-state index >= 15 is 0 Å². The van der Waals surface area contributed by atoms with Crippen LogP contribution >= 0.6 is 0 Å². The molecule has 0 amide bonds. The van der Waals surface area contributed by atoms with E-state index in [9.17, 15) is 8.42 Å². The van der Waals surface area contributed by atoms with Gasteiger partial charge in [-0.15, -0.1) is 0 Å². The van der Waals surface area contributed by atoms with Gasteiger partial charge in [0.25, 0.3) is 0 Å². The Bertz CT molecular complexity index is 857. The highest BCUT2D eigenvalue weighted by atomic mass is 32.2. The Morgan fingerprint density at radius 2 is 2.04 bits per heavy atom. The van der Waals surface area contributed by atoms with Crippen molar-refractivity contribution < 1.29 is 13.2 Å². The highest BCUT2D eigenvalue weighted by molar-refractivity contribution is 7.89. The molecule has 2 aliphatic heterocycles. The van der Waals surface area contributed by atoms with Crippen LogP contribution in [-0.2, 0) is 34.4 Å². The molecule has 8 heteroatoms. The van der Waals surface area contributed by atoms with Gasteiger partial charge in [0.05, 0.1) is 12.2 Å². The molecule has 0 bridgehead atoms. The fraction of sp³-hybridized carbons (Fsp3) is 0.471. The van der Waals surface area contributed by atoms with Crippen molar-refractivity contribution in [3.63, 3.8) is 0 Å². The minimum Gasteiger partial charge on any atom is -0.381 e. The van der Waals surface area contributed by atoms with Gasteiger partial charge in [-0.1, -0.05) is 18.2 Å². The standard InChI is InChI=1S/C17H22N4O3S/c22-25(23,17-11-19-21(12-17)16-3-5-24-6-4-16)20-8-13-1-2-14-9-18-10-15(14)7-13/h1-2,7,11-12,16,18,20H,3-6,8-10H2. The number of benzene rings is 1. The molecule has 0 atom stereocenters. The summed E-state index contributed by atoms with van der Waals surface area (Å²) >= 11 is 0. The van der Waals surface area contributed by atoms with Crippen LogP contribution in [0.2, 0.25) is 0 Å². The minimum absolute atomic E-state index is 0.210. The van der Waals surface area contributed by atoms with E-state index in [-0.39, 0.29) is 17.5 Å². The first-order valence-electron chi connectivity index (χ1n) is 8.55. The predicted molar refractivity (Wildman–Crippen MR) is 92.3 cm³/mol. The summed E-state index contributed by atoms with van der Waals surface area (Å²) in [6.45, 7) is 3.38. The molecule has 0 radical (unpaired) electrons. The smallest absolute Gasteiger partial charge is 0.243 e. The number of rotatable bonds is 5. The maximum atomic E-state index is 12.5. The topological polar surface area (TPSA) is 85.3 Å². The molecular formula is C17H22N4O3S. The lowest BCUT2D eigenvalue weighted by atomic mass is 10.1. The maximum Gasteiger partial charge on any atom is 0.243 e. The van der Waals surface area contributed by atoms with Crippen LogP contribution in [0.3, 0.4) is 0 Å². The molecule has 0 saturated carbocycles. The number of hydrogen-bond acceptors (Lipinski definition) is 5. The Kier molecular flexibility index (Phi) is 4.60. The summed E-state index contributed by atoms with van der Waals surface area (Å²) in [6, 6.07) is 6.30. The summed E-state index contributed by atoms with van der Waals surface area (Å²) in [5.74, 6) is 0. The highest BCUT2D eigenvalue weighted by Gasteiger charge is 2.21. The number of nitrogens with zero attached hydrogens (tertiary/aromatic N) is 2. The summed E-state index contributed by atoms with van der Waals surface area (Å²) in [7, 11) is -3.57. The molecule has 1 saturated heterocycles. The second-order valence-corrected chi connectivity index (χ2v) is 8.30. The molecule has 0 unspecified atom stereocenters. The molecule has 0 aliphatic carbocycles. The average Bonchev–Trinajstić information content (AvgIpc) is 3.30. The third-order valence-corrected chi connectivity index (χ3v) is 6.18. The van der Waals surface area contributed by atoms with Gasteiger partial charge < -0.3 is 10.1 Å². The number of aromatic nitrogens is 2. The van der Waals surface area contributed by atoms with Crippen molar-refractivity contribution in [2.45, 2.75) is 43.4 Å². The molecule has 7 nitrogen and oxygen atoms in total. The largest absolute Gasteiger partial charge is 0.381 e. The van der Waals surface area contributed by atoms with Crippen molar-refractivity contribution >= 4 is 10.0 Å². The third kappa shape index (κ3) is 3.62. The van der Waals surface area contributed by atoms with Crippen LogP contribution in [0.4, 0.5) is 0 Å². The van der Waals surface area contributed by atoms with Crippen LogP contribution in [0.1, 0.15) is 35.6 Å². The van der Waals surface area contributed by atoms with Gasteiger partial charge >= 0.3 is 0 Å². The summed E-state index contributed by atoms with van der Waals surface area (Å²) in [6.07, 6.45) is 4.75. The Morgan fingerprint density at radius 1 is 1.24 bits per heavy atom. The van der Waals surface area contributed by atoms with Gasteiger partial charge in [-0.05, 0) is 29.5 Å². The van der Waals surface area contributed by atoms with Gasteiger partial charge in [-0.25, -0.2) is 13.1 Å². The van der Waals surface area contributed by atoms with E-state index in [1.54, 1.807) is 10.9 Å². The van der Waals surface area contributed by atoms with Gasteiger partial charge in [0, 0.05) is 39.0 Å².